The van der Waals surface area contributed by atoms with Crippen molar-refractivity contribution in [2.45, 2.75) is 33.7 Å². The maximum Gasteiger partial charge on any atom is 0.119 e. The monoisotopic (exact) mass is 219 g/mol. The van der Waals surface area contributed by atoms with Crippen LogP contribution < -0.4 is 0 Å². The molecule has 88 valence electrons. The zero-order chi connectivity index (χ0) is 11.8. The van der Waals surface area contributed by atoms with Crippen molar-refractivity contribution in [2.24, 2.45) is 5.41 Å². The molecule has 1 aliphatic heterocycles. The van der Waals surface area contributed by atoms with Crippen LogP contribution in [0.4, 0.5) is 0 Å². The van der Waals surface area contributed by atoms with Gasteiger partial charge in [-0.2, -0.15) is 0 Å². The molecule has 0 aromatic heterocycles. The van der Waals surface area contributed by atoms with Crippen molar-refractivity contribution in [3.05, 3.63) is 29.3 Å². The summed E-state index contributed by atoms with van der Waals surface area (Å²) in [5.41, 5.74) is 2.78. The van der Waals surface area contributed by atoms with Gasteiger partial charge in [-0.3, -0.25) is 4.90 Å². The smallest absolute Gasteiger partial charge is 0.119 e. The number of hydrogen-bond donors (Lipinski definition) is 1. The highest BCUT2D eigenvalue weighted by Crippen LogP contribution is 2.28. The molecule has 1 heterocycles. The van der Waals surface area contributed by atoms with Crippen LogP contribution in [0.5, 0.6) is 5.75 Å². The lowest BCUT2D eigenvalue weighted by Gasteiger charge is -2.34. The average Bonchev–Trinajstić information content (AvgIpc) is 2.15. The number of fused-ring (bicyclic) bond motifs is 1. The summed E-state index contributed by atoms with van der Waals surface area (Å²) in [6, 6.07) is 5.86. The van der Waals surface area contributed by atoms with Crippen molar-refractivity contribution in [3.63, 3.8) is 0 Å². The van der Waals surface area contributed by atoms with Crippen molar-refractivity contribution in [3.8, 4) is 5.75 Å². The van der Waals surface area contributed by atoms with Crippen LogP contribution in [0.3, 0.4) is 0 Å². The predicted octanol–water partition coefficient (Wildman–Crippen LogP) is 2.80. The Labute approximate surface area is 97.9 Å². The molecule has 2 nitrogen and oxygen atoms in total. The number of nitrogens with zero attached hydrogens (tertiary/aromatic N) is 1. The van der Waals surface area contributed by atoms with Crippen LogP contribution >= 0.6 is 0 Å². The minimum atomic E-state index is 0.342. The quantitative estimate of drug-likeness (QED) is 0.785. The Bertz CT molecular complexity index is 379. The van der Waals surface area contributed by atoms with Gasteiger partial charge in [0.2, 0.25) is 0 Å². The maximum absolute atomic E-state index is 9.76. The van der Waals surface area contributed by atoms with E-state index in [1.165, 1.54) is 5.56 Å². The van der Waals surface area contributed by atoms with Gasteiger partial charge in [0.05, 0.1) is 0 Å². The molecule has 2 heteroatoms. The number of benzene rings is 1. The molecule has 1 aromatic rings. The molecule has 0 fully saturated rings. The van der Waals surface area contributed by atoms with Crippen LogP contribution in [0.1, 0.15) is 31.9 Å². The number of hydrogen-bond acceptors (Lipinski definition) is 2. The summed E-state index contributed by atoms with van der Waals surface area (Å²) in [5.74, 6) is 0.466. The highest BCUT2D eigenvalue weighted by Gasteiger charge is 2.22. The summed E-state index contributed by atoms with van der Waals surface area (Å²) >= 11 is 0. The van der Waals surface area contributed by atoms with E-state index in [4.69, 9.17) is 0 Å². The van der Waals surface area contributed by atoms with E-state index in [1.807, 2.05) is 6.07 Å². The highest BCUT2D eigenvalue weighted by molar-refractivity contribution is 5.40. The average molecular weight is 219 g/mol. The van der Waals surface area contributed by atoms with E-state index in [0.29, 0.717) is 11.2 Å². The second kappa shape index (κ2) is 4.10. The Morgan fingerprint density at radius 3 is 2.75 bits per heavy atom. The van der Waals surface area contributed by atoms with Crippen molar-refractivity contribution in [1.29, 1.82) is 0 Å². The first-order chi connectivity index (χ1) is 7.46. The SMILES string of the molecule is CC(C)(C)CN1CCc2c(O)cccc2C1. The summed E-state index contributed by atoms with van der Waals surface area (Å²) in [6.07, 6.45) is 0.970. The zero-order valence-corrected chi connectivity index (χ0v) is 10.5. The summed E-state index contributed by atoms with van der Waals surface area (Å²) in [7, 11) is 0. The third kappa shape index (κ3) is 2.56. The number of rotatable bonds is 1. The fraction of sp³-hybridized carbons (Fsp3) is 0.571. The van der Waals surface area contributed by atoms with Gasteiger partial charge in [0, 0.05) is 19.6 Å². The van der Waals surface area contributed by atoms with Gasteiger partial charge in [-0.1, -0.05) is 32.9 Å². The van der Waals surface area contributed by atoms with E-state index in [9.17, 15) is 5.11 Å². The Kier molecular flexibility index (Phi) is 2.94. The first-order valence-electron chi connectivity index (χ1n) is 5.98. The fourth-order valence-corrected chi connectivity index (χ4v) is 2.45. The molecule has 0 unspecified atom stereocenters. The maximum atomic E-state index is 9.76. The van der Waals surface area contributed by atoms with Crippen LogP contribution in [-0.4, -0.2) is 23.1 Å². The Morgan fingerprint density at radius 1 is 1.31 bits per heavy atom. The first kappa shape index (κ1) is 11.5. The number of phenols is 1. The van der Waals surface area contributed by atoms with E-state index in [1.54, 1.807) is 6.07 Å². The summed E-state index contributed by atoms with van der Waals surface area (Å²) < 4.78 is 0. The molecule has 0 radical (unpaired) electrons. The molecule has 0 spiro atoms. The normalized spacial score (nSPS) is 17.2. The van der Waals surface area contributed by atoms with E-state index >= 15 is 0 Å². The molecule has 1 N–H and O–H groups in total. The van der Waals surface area contributed by atoms with Crippen LogP contribution in [-0.2, 0) is 13.0 Å². The van der Waals surface area contributed by atoms with Crippen molar-refractivity contribution in [1.82, 2.24) is 4.90 Å². The minimum Gasteiger partial charge on any atom is -0.508 e. The Hall–Kier alpha value is -1.02. The summed E-state index contributed by atoms with van der Waals surface area (Å²) in [4.78, 5) is 2.47. The van der Waals surface area contributed by atoms with E-state index in [2.05, 4.69) is 31.7 Å². The lowest BCUT2D eigenvalue weighted by molar-refractivity contribution is 0.176. The molecule has 1 aromatic carbocycles. The first-order valence-corrected chi connectivity index (χ1v) is 5.98. The number of aromatic hydroxyl groups is 1. The third-order valence-electron chi connectivity index (χ3n) is 3.02. The van der Waals surface area contributed by atoms with Gasteiger partial charge in [0.25, 0.3) is 0 Å². The van der Waals surface area contributed by atoms with Gasteiger partial charge in [-0.25, -0.2) is 0 Å². The second-order valence-corrected chi connectivity index (χ2v) is 5.94. The molecule has 0 aliphatic carbocycles. The fourth-order valence-electron chi connectivity index (χ4n) is 2.45. The van der Waals surface area contributed by atoms with Crippen molar-refractivity contribution in [2.75, 3.05) is 13.1 Å². The van der Waals surface area contributed by atoms with Gasteiger partial charge in [-0.15, -0.1) is 0 Å². The molecule has 16 heavy (non-hydrogen) atoms. The van der Waals surface area contributed by atoms with Gasteiger partial charge in [-0.05, 0) is 29.0 Å². The molecular weight excluding hydrogens is 198 g/mol. The molecule has 0 saturated heterocycles. The molecule has 2 rings (SSSR count). The second-order valence-electron chi connectivity index (χ2n) is 5.94. The number of phenolic OH excluding ortho intramolecular Hbond substituents is 1. The predicted molar refractivity (Wildman–Crippen MR) is 66.5 cm³/mol. The summed E-state index contributed by atoms with van der Waals surface area (Å²) in [5, 5.41) is 9.76. The highest BCUT2D eigenvalue weighted by atomic mass is 16.3. The van der Waals surface area contributed by atoms with E-state index in [-0.39, 0.29) is 0 Å². The van der Waals surface area contributed by atoms with Crippen molar-refractivity contribution >= 4 is 0 Å². The van der Waals surface area contributed by atoms with E-state index < -0.39 is 0 Å². The van der Waals surface area contributed by atoms with Crippen LogP contribution in [0.2, 0.25) is 0 Å². The molecule has 1 aliphatic rings. The zero-order valence-electron chi connectivity index (χ0n) is 10.5. The van der Waals surface area contributed by atoms with Crippen LogP contribution in [0.25, 0.3) is 0 Å². The largest absolute Gasteiger partial charge is 0.508 e. The standard InChI is InChI=1S/C14H21NO/c1-14(2,3)10-15-8-7-12-11(9-15)5-4-6-13(12)16/h4-6,16H,7-10H2,1-3H3. The van der Waals surface area contributed by atoms with Crippen LogP contribution in [0, 0.1) is 5.41 Å². The molecular formula is C14H21NO. The van der Waals surface area contributed by atoms with Crippen molar-refractivity contribution < 1.29 is 5.11 Å². The molecule has 0 amide bonds. The lowest BCUT2D eigenvalue weighted by atomic mass is 9.93. The molecule has 0 bridgehead atoms. The minimum absolute atomic E-state index is 0.342. The Morgan fingerprint density at radius 2 is 2.06 bits per heavy atom. The summed E-state index contributed by atoms with van der Waals surface area (Å²) in [6.45, 7) is 9.95. The van der Waals surface area contributed by atoms with Gasteiger partial charge < -0.3 is 5.11 Å². The van der Waals surface area contributed by atoms with Gasteiger partial charge in [0.1, 0.15) is 5.75 Å². The lowest BCUT2D eigenvalue weighted by Crippen LogP contribution is -2.36. The van der Waals surface area contributed by atoms with Gasteiger partial charge in [0.15, 0.2) is 0 Å². The van der Waals surface area contributed by atoms with Crippen LogP contribution in [0.15, 0.2) is 18.2 Å². The third-order valence-corrected chi connectivity index (χ3v) is 3.02. The Balaban J connectivity index is 2.12. The molecule has 0 saturated carbocycles. The topological polar surface area (TPSA) is 23.5 Å². The molecule has 0 atom stereocenters. The van der Waals surface area contributed by atoms with E-state index in [0.717, 1.165) is 31.6 Å². The van der Waals surface area contributed by atoms with Gasteiger partial charge >= 0.3 is 0 Å².